The highest BCUT2D eigenvalue weighted by Crippen LogP contribution is 2.42. The van der Waals surface area contributed by atoms with Crippen LogP contribution in [0.15, 0.2) is 42.5 Å². The number of hydrogen-bond acceptors (Lipinski definition) is 3. The van der Waals surface area contributed by atoms with Crippen molar-refractivity contribution in [3.63, 3.8) is 0 Å². The van der Waals surface area contributed by atoms with E-state index in [4.69, 9.17) is 4.74 Å². The van der Waals surface area contributed by atoms with E-state index < -0.39 is 5.60 Å². The number of aliphatic hydroxyl groups is 1. The van der Waals surface area contributed by atoms with Gasteiger partial charge in [-0.1, -0.05) is 42.0 Å². The molecule has 116 valence electrons. The van der Waals surface area contributed by atoms with Crippen molar-refractivity contribution in [2.45, 2.75) is 32.0 Å². The lowest BCUT2D eigenvalue weighted by molar-refractivity contribution is -0.0486. The molecule has 0 fully saturated rings. The van der Waals surface area contributed by atoms with Gasteiger partial charge in [0.25, 0.3) is 0 Å². The van der Waals surface area contributed by atoms with Gasteiger partial charge in [-0.05, 0) is 43.7 Å². The van der Waals surface area contributed by atoms with Gasteiger partial charge in [0.1, 0.15) is 11.4 Å². The first-order chi connectivity index (χ1) is 10.5. The van der Waals surface area contributed by atoms with Gasteiger partial charge >= 0.3 is 0 Å². The zero-order valence-electron chi connectivity index (χ0n) is 13.4. The standard InChI is InChI=1S/C19H23NO2/c1-13-8-9-16-15(10-13)11-19(21,12-20-3)18(16)22-17-7-5-4-6-14(17)2/h4-10,18,20-21H,11-12H2,1-3H3. The van der Waals surface area contributed by atoms with Gasteiger partial charge in [-0.25, -0.2) is 0 Å². The van der Waals surface area contributed by atoms with Crippen molar-refractivity contribution in [1.29, 1.82) is 0 Å². The number of fused-ring (bicyclic) bond motifs is 1. The van der Waals surface area contributed by atoms with Crippen molar-refractivity contribution in [2.75, 3.05) is 13.6 Å². The summed E-state index contributed by atoms with van der Waals surface area (Å²) >= 11 is 0. The lowest BCUT2D eigenvalue weighted by Crippen LogP contribution is -2.45. The van der Waals surface area contributed by atoms with E-state index in [1.54, 1.807) is 0 Å². The van der Waals surface area contributed by atoms with E-state index in [0.29, 0.717) is 13.0 Å². The molecule has 2 unspecified atom stereocenters. The average molecular weight is 297 g/mol. The molecule has 2 N–H and O–H groups in total. The quantitative estimate of drug-likeness (QED) is 0.911. The Hall–Kier alpha value is -1.84. The maximum atomic E-state index is 11.1. The third kappa shape index (κ3) is 2.62. The molecule has 2 aromatic carbocycles. The minimum absolute atomic E-state index is 0.350. The van der Waals surface area contributed by atoms with Gasteiger partial charge in [-0.3, -0.25) is 0 Å². The maximum Gasteiger partial charge on any atom is 0.154 e. The number of benzene rings is 2. The van der Waals surface area contributed by atoms with Gasteiger partial charge < -0.3 is 15.2 Å². The first-order valence-electron chi connectivity index (χ1n) is 7.72. The van der Waals surface area contributed by atoms with Crippen molar-refractivity contribution in [3.8, 4) is 5.75 Å². The molecule has 0 bridgehead atoms. The van der Waals surface area contributed by atoms with Crippen molar-refractivity contribution in [2.24, 2.45) is 0 Å². The molecule has 1 aliphatic rings. The summed E-state index contributed by atoms with van der Waals surface area (Å²) in [4.78, 5) is 0. The predicted molar refractivity (Wildman–Crippen MR) is 88.3 cm³/mol. The first kappa shape index (κ1) is 15.1. The second kappa shape index (κ2) is 5.75. The Kier molecular flexibility index (Phi) is 3.94. The fourth-order valence-electron chi connectivity index (χ4n) is 3.31. The highest BCUT2D eigenvalue weighted by Gasteiger charge is 2.46. The molecule has 3 nitrogen and oxygen atoms in total. The molecule has 0 spiro atoms. The third-order valence-electron chi connectivity index (χ3n) is 4.39. The largest absolute Gasteiger partial charge is 0.482 e. The highest BCUT2D eigenvalue weighted by atomic mass is 16.5. The second-order valence-electron chi connectivity index (χ2n) is 6.28. The number of hydrogen-bond donors (Lipinski definition) is 2. The number of aryl methyl sites for hydroxylation is 2. The SMILES string of the molecule is CNCC1(O)Cc2cc(C)ccc2C1Oc1ccccc1C. The van der Waals surface area contributed by atoms with Crippen LogP contribution in [-0.2, 0) is 6.42 Å². The van der Waals surface area contributed by atoms with Crippen molar-refractivity contribution in [1.82, 2.24) is 5.32 Å². The molecule has 0 aromatic heterocycles. The van der Waals surface area contributed by atoms with E-state index >= 15 is 0 Å². The molecule has 1 aliphatic carbocycles. The first-order valence-corrected chi connectivity index (χ1v) is 7.72. The molecule has 0 heterocycles. The van der Waals surface area contributed by atoms with Crippen LogP contribution in [0.3, 0.4) is 0 Å². The van der Waals surface area contributed by atoms with Crippen LogP contribution in [0, 0.1) is 13.8 Å². The Morgan fingerprint density at radius 2 is 2.00 bits per heavy atom. The summed E-state index contributed by atoms with van der Waals surface area (Å²) in [5.41, 5.74) is 3.63. The summed E-state index contributed by atoms with van der Waals surface area (Å²) in [6, 6.07) is 14.3. The molecule has 22 heavy (non-hydrogen) atoms. The maximum absolute atomic E-state index is 11.1. The van der Waals surface area contributed by atoms with E-state index in [2.05, 4.69) is 30.4 Å². The zero-order chi connectivity index (χ0) is 15.7. The van der Waals surface area contributed by atoms with E-state index in [9.17, 15) is 5.11 Å². The highest BCUT2D eigenvalue weighted by molar-refractivity contribution is 5.43. The number of para-hydroxylation sites is 1. The van der Waals surface area contributed by atoms with Gasteiger partial charge in [0, 0.05) is 13.0 Å². The normalized spacial score (nSPS) is 23.4. The van der Waals surface area contributed by atoms with Crippen LogP contribution in [-0.4, -0.2) is 24.3 Å². The lowest BCUT2D eigenvalue weighted by atomic mass is 9.97. The summed E-state index contributed by atoms with van der Waals surface area (Å²) in [6.45, 7) is 4.60. The summed E-state index contributed by atoms with van der Waals surface area (Å²) in [5, 5.41) is 14.2. The van der Waals surface area contributed by atoms with Crippen LogP contribution in [0.2, 0.25) is 0 Å². The Morgan fingerprint density at radius 1 is 1.23 bits per heavy atom. The van der Waals surface area contributed by atoms with Crippen LogP contribution in [0.5, 0.6) is 5.75 Å². The van der Waals surface area contributed by atoms with E-state index in [0.717, 1.165) is 16.9 Å². The lowest BCUT2D eigenvalue weighted by Gasteiger charge is -2.31. The van der Waals surface area contributed by atoms with Gasteiger partial charge in [0.15, 0.2) is 6.10 Å². The van der Waals surface area contributed by atoms with Crippen LogP contribution in [0.1, 0.15) is 28.4 Å². The zero-order valence-corrected chi connectivity index (χ0v) is 13.4. The fraction of sp³-hybridized carbons (Fsp3) is 0.368. The van der Waals surface area contributed by atoms with E-state index in [-0.39, 0.29) is 6.10 Å². The molecule has 2 atom stereocenters. The molecule has 0 aliphatic heterocycles. The third-order valence-corrected chi connectivity index (χ3v) is 4.39. The Bertz CT molecular complexity index is 683. The molecular formula is C19H23NO2. The van der Waals surface area contributed by atoms with Gasteiger partial charge in [0.05, 0.1) is 0 Å². The molecule has 3 heteroatoms. The summed E-state index contributed by atoms with van der Waals surface area (Å²) in [5.74, 6) is 0.829. The van der Waals surface area contributed by atoms with Crippen LogP contribution in [0.25, 0.3) is 0 Å². The number of ether oxygens (including phenoxy) is 1. The fourth-order valence-corrected chi connectivity index (χ4v) is 3.31. The monoisotopic (exact) mass is 297 g/mol. The van der Waals surface area contributed by atoms with Gasteiger partial charge in [0.2, 0.25) is 0 Å². The molecule has 0 saturated heterocycles. The summed E-state index contributed by atoms with van der Waals surface area (Å²) in [6.07, 6.45) is 0.262. The minimum atomic E-state index is -0.923. The summed E-state index contributed by atoms with van der Waals surface area (Å²) < 4.78 is 6.25. The Morgan fingerprint density at radius 3 is 2.73 bits per heavy atom. The van der Waals surface area contributed by atoms with E-state index in [1.165, 1.54) is 11.1 Å². The van der Waals surface area contributed by atoms with Crippen LogP contribution < -0.4 is 10.1 Å². The smallest absolute Gasteiger partial charge is 0.154 e. The van der Waals surface area contributed by atoms with Crippen LogP contribution in [0.4, 0.5) is 0 Å². The Balaban J connectivity index is 2.00. The average Bonchev–Trinajstić information content (AvgIpc) is 2.73. The molecule has 0 radical (unpaired) electrons. The van der Waals surface area contributed by atoms with Gasteiger partial charge in [-0.15, -0.1) is 0 Å². The molecular weight excluding hydrogens is 274 g/mol. The number of nitrogens with one attached hydrogen (secondary N) is 1. The van der Waals surface area contributed by atoms with E-state index in [1.807, 2.05) is 38.2 Å². The van der Waals surface area contributed by atoms with Crippen molar-refractivity contribution in [3.05, 3.63) is 64.7 Å². The summed E-state index contributed by atoms with van der Waals surface area (Å²) in [7, 11) is 1.86. The minimum Gasteiger partial charge on any atom is -0.482 e. The Labute approximate surface area is 131 Å². The predicted octanol–water partition coefficient (Wildman–Crippen LogP) is 2.93. The molecule has 0 saturated carbocycles. The molecule has 3 rings (SSSR count). The van der Waals surface area contributed by atoms with Crippen molar-refractivity contribution >= 4 is 0 Å². The molecule has 0 amide bonds. The topological polar surface area (TPSA) is 41.5 Å². The van der Waals surface area contributed by atoms with Gasteiger partial charge in [-0.2, -0.15) is 0 Å². The van der Waals surface area contributed by atoms with Crippen molar-refractivity contribution < 1.29 is 9.84 Å². The van der Waals surface area contributed by atoms with Crippen LogP contribution >= 0.6 is 0 Å². The second-order valence-corrected chi connectivity index (χ2v) is 6.28. The molecule has 2 aromatic rings. The number of rotatable bonds is 4. The number of likely N-dealkylation sites (N-methyl/N-ethyl adjacent to an activating group) is 1.